The Kier molecular flexibility index (Phi) is 7.28. The van der Waals surface area contributed by atoms with E-state index in [-0.39, 0.29) is 23.3 Å². The Bertz CT molecular complexity index is 1190. The van der Waals surface area contributed by atoms with E-state index in [0.29, 0.717) is 48.7 Å². The van der Waals surface area contributed by atoms with Crippen LogP contribution in [0.2, 0.25) is 0 Å². The van der Waals surface area contributed by atoms with Gasteiger partial charge in [0.15, 0.2) is 0 Å². The van der Waals surface area contributed by atoms with Crippen molar-refractivity contribution in [2.45, 2.75) is 62.5 Å². The summed E-state index contributed by atoms with van der Waals surface area (Å²) in [7, 11) is -0.396. The highest BCUT2D eigenvalue weighted by atomic mass is 32.2. The van der Waals surface area contributed by atoms with Crippen molar-refractivity contribution in [1.29, 1.82) is 0 Å². The molecule has 0 unspecified atom stereocenters. The number of aryl methyl sites for hydroxylation is 1. The summed E-state index contributed by atoms with van der Waals surface area (Å²) in [6, 6.07) is 10.3. The lowest BCUT2D eigenvalue weighted by molar-refractivity contribution is -0.122. The summed E-state index contributed by atoms with van der Waals surface area (Å²) in [5.74, 6) is 1.85. The third-order valence-corrected chi connectivity index (χ3v) is 8.48. The van der Waals surface area contributed by atoms with Crippen LogP contribution in [0.1, 0.15) is 56.7 Å². The number of nitrogens with one attached hydrogen (secondary N) is 1. The topological polar surface area (TPSA) is 94.2 Å². The fourth-order valence-corrected chi connectivity index (χ4v) is 6.36. The zero-order valence-corrected chi connectivity index (χ0v) is 21.6. The van der Waals surface area contributed by atoms with Crippen molar-refractivity contribution < 1.29 is 27.4 Å². The second-order valence-corrected chi connectivity index (χ2v) is 11.6. The largest absolute Gasteiger partial charge is 0.497 e. The van der Waals surface area contributed by atoms with Gasteiger partial charge in [-0.3, -0.25) is 4.79 Å². The molecule has 2 aliphatic rings. The molecule has 0 spiro atoms. The minimum atomic E-state index is -3.55. The molecule has 0 aromatic heterocycles. The first-order chi connectivity index (χ1) is 16.6. The molecule has 190 valence electrons. The Labute approximate surface area is 207 Å². The van der Waals surface area contributed by atoms with Gasteiger partial charge in [0.05, 0.1) is 25.2 Å². The van der Waals surface area contributed by atoms with Crippen LogP contribution in [-0.2, 0) is 21.2 Å². The van der Waals surface area contributed by atoms with Gasteiger partial charge in [-0.1, -0.05) is 0 Å². The average Bonchev–Trinajstić information content (AvgIpc) is 3.37. The summed E-state index contributed by atoms with van der Waals surface area (Å²) in [6.45, 7) is 5.07. The van der Waals surface area contributed by atoms with Crippen molar-refractivity contribution in [2.75, 3.05) is 27.3 Å². The Morgan fingerprint density at radius 1 is 1.11 bits per heavy atom. The number of hydrogen-bond acceptors (Lipinski definition) is 6. The van der Waals surface area contributed by atoms with Crippen LogP contribution in [0.5, 0.6) is 17.2 Å². The summed E-state index contributed by atoms with van der Waals surface area (Å²) in [5.41, 5.74) is 1.16. The van der Waals surface area contributed by atoms with Gasteiger partial charge >= 0.3 is 0 Å². The molecule has 0 radical (unpaired) electrons. The molecule has 0 saturated carbocycles. The Morgan fingerprint density at radius 2 is 1.86 bits per heavy atom. The fraction of sp³-hybridized carbons (Fsp3) is 0.500. The Hall–Kier alpha value is -2.78. The first-order valence-corrected chi connectivity index (χ1v) is 13.4. The van der Waals surface area contributed by atoms with E-state index in [0.717, 1.165) is 18.4 Å². The van der Waals surface area contributed by atoms with Crippen LogP contribution in [0.25, 0.3) is 0 Å². The molecule has 2 aromatic rings. The maximum absolute atomic E-state index is 13.0. The minimum absolute atomic E-state index is 0.121. The maximum atomic E-state index is 13.0. The van der Waals surface area contributed by atoms with E-state index in [9.17, 15) is 13.2 Å². The molecule has 0 bridgehead atoms. The van der Waals surface area contributed by atoms with Crippen LogP contribution >= 0.6 is 0 Å². The molecule has 1 fully saturated rings. The highest BCUT2D eigenvalue weighted by molar-refractivity contribution is 7.89. The second-order valence-electron chi connectivity index (χ2n) is 9.67. The summed E-state index contributed by atoms with van der Waals surface area (Å²) in [5, 5.41) is 3.14. The first kappa shape index (κ1) is 25.3. The number of ether oxygens (including phenoxy) is 3. The number of hydrogen-bond donors (Lipinski definition) is 1. The van der Waals surface area contributed by atoms with E-state index in [1.165, 1.54) is 4.31 Å². The predicted molar refractivity (Wildman–Crippen MR) is 133 cm³/mol. The molecular formula is C26H34N2O6S. The highest BCUT2D eigenvalue weighted by Gasteiger charge is 2.35. The van der Waals surface area contributed by atoms with Crippen LogP contribution in [0.4, 0.5) is 0 Å². The van der Waals surface area contributed by atoms with Crippen LogP contribution in [-0.4, -0.2) is 51.5 Å². The first-order valence-electron chi connectivity index (χ1n) is 12.0. The lowest BCUT2D eigenvalue weighted by atomic mass is 9.89. The maximum Gasteiger partial charge on any atom is 0.243 e. The molecule has 9 heteroatoms. The van der Waals surface area contributed by atoms with Gasteiger partial charge in [0.1, 0.15) is 22.8 Å². The van der Waals surface area contributed by atoms with Crippen molar-refractivity contribution in [3.63, 3.8) is 0 Å². The molecular weight excluding hydrogens is 468 g/mol. The third kappa shape index (κ3) is 5.56. The molecule has 35 heavy (non-hydrogen) atoms. The van der Waals surface area contributed by atoms with Gasteiger partial charge in [-0.05, 0) is 69.0 Å². The average molecular weight is 503 g/mol. The van der Waals surface area contributed by atoms with Crippen molar-refractivity contribution >= 4 is 15.9 Å². The monoisotopic (exact) mass is 502 g/mol. The predicted octanol–water partition coefficient (Wildman–Crippen LogP) is 3.84. The Morgan fingerprint density at radius 3 is 2.54 bits per heavy atom. The van der Waals surface area contributed by atoms with Crippen molar-refractivity contribution in [2.24, 2.45) is 0 Å². The van der Waals surface area contributed by atoms with Gasteiger partial charge in [-0.15, -0.1) is 0 Å². The summed E-state index contributed by atoms with van der Waals surface area (Å²) < 4.78 is 44.4. The van der Waals surface area contributed by atoms with E-state index >= 15 is 0 Å². The van der Waals surface area contributed by atoms with E-state index in [2.05, 4.69) is 5.32 Å². The van der Waals surface area contributed by atoms with Crippen LogP contribution < -0.4 is 19.5 Å². The van der Waals surface area contributed by atoms with E-state index in [4.69, 9.17) is 14.2 Å². The van der Waals surface area contributed by atoms with Crippen molar-refractivity contribution in [3.8, 4) is 17.2 Å². The van der Waals surface area contributed by atoms with E-state index < -0.39 is 15.6 Å². The number of carbonyl (C=O) groups is 1. The summed E-state index contributed by atoms with van der Waals surface area (Å²) in [6.07, 6.45) is 2.95. The molecule has 2 aliphatic heterocycles. The number of fused-ring (bicyclic) bond motifs is 1. The number of rotatable bonds is 8. The number of amides is 1. The van der Waals surface area contributed by atoms with Gasteiger partial charge in [-0.2, -0.15) is 4.31 Å². The molecule has 0 aliphatic carbocycles. The molecule has 1 amide bonds. The van der Waals surface area contributed by atoms with Gasteiger partial charge < -0.3 is 19.5 Å². The number of nitrogens with zero attached hydrogens (tertiary/aromatic N) is 1. The van der Waals surface area contributed by atoms with Crippen molar-refractivity contribution in [1.82, 2.24) is 9.62 Å². The molecule has 4 rings (SSSR count). The number of benzene rings is 2. The zero-order valence-electron chi connectivity index (χ0n) is 20.8. The van der Waals surface area contributed by atoms with Crippen LogP contribution in [0, 0.1) is 0 Å². The van der Waals surface area contributed by atoms with Crippen LogP contribution in [0.15, 0.2) is 41.3 Å². The number of methoxy groups -OCH3 is 2. The quantitative estimate of drug-likeness (QED) is 0.590. The third-order valence-electron chi connectivity index (χ3n) is 6.59. The van der Waals surface area contributed by atoms with E-state index in [1.807, 2.05) is 32.0 Å². The highest BCUT2D eigenvalue weighted by Crippen LogP contribution is 2.41. The molecule has 2 heterocycles. The molecule has 2 aromatic carbocycles. The second kappa shape index (κ2) is 10.1. The summed E-state index contributed by atoms with van der Waals surface area (Å²) >= 11 is 0. The zero-order chi connectivity index (χ0) is 25.2. The van der Waals surface area contributed by atoms with Crippen molar-refractivity contribution in [3.05, 3.63) is 47.5 Å². The standard InChI is InChI=1S/C26H34N2O6S/c1-26(2)17-22(21-10-8-19(32-3)16-24(21)34-26)27-25(29)12-7-18-15-20(9-11-23(18)33-4)35(30,31)28-13-5-6-14-28/h8-11,15-16,22H,5-7,12-14,17H2,1-4H3,(H,27,29)/t22-/m1/s1. The lowest BCUT2D eigenvalue weighted by Gasteiger charge is -2.38. The SMILES string of the molecule is COc1ccc2c(c1)OC(C)(C)C[C@H]2NC(=O)CCc1cc(S(=O)(=O)N2CCCC2)ccc1OC. The Balaban J connectivity index is 1.48. The van der Waals surface area contributed by atoms with Gasteiger partial charge in [0.2, 0.25) is 15.9 Å². The number of carbonyl (C=O) groups excluding carboxylic acids is 1. The molecule has 8 nitrogen and oxygen atoms in total. The minimum Gasteiger partial charge on any atom is -0.497 e. The molecule has 1 N–H and O–H groups in total. The smallest absolute Gasteiger partial charge is 0.243 e. The summed E-state index contributed by atoms with van der Waals surface area (Å²) in [4.78, 5) is 13.2. The lowest BCUT2D eigenvalue weighted by Crippen LogP contribution is -2.41. The van der Waals surface area contributed by atoms with Gasteiger partial charge in [-0.25, -0.2) is 8.42 Å². The molecule has 1 saturated heterocycles. The van der Waals surface area contributed by atoms with E-state index in [1.54, 1.807) is 32.4 Å². The van der Waals surface area contributed by atoms with Gasteiger partial charge in [0.25, 0.3) is 0 Å². The van der Waals surface area contributed by atoms with Gasteiger partial charge in [0, 0.05) is 37.6 Å². The van der Waals surface area contributed by atoms with Crippen LogP contribution in [0.3, 0.4) is 0 Å². The normalized spacial score (nSPS) is 19.5. The fourth-order valence-electron chi connectivity index (χ4n) is 4.79. The number of sulfonamides is 1. The molecule has 1 atom stereocenters.